The van der Waals surface area contributed by atoms with Gasteiger partial charge in [0.15, 0.2) is 10.9 Å². The van der Waals surface area contributed by atoms with Gasteiger partial charge >= 0.3 is 0 Å². The van der Waals surface area contributed by atoms with Gasteiger partial charge in [-0.3, -0.25) is 19.4 Å². The first-order valence-corrected chi connectivity index (χ1v) is 11.2. The van der Waals surface area contributed by atoms with Gasteiger partial charge in [0.05, 0.1) is 10.9 Å². The van der Waals surface area contributed by atoms with Gasteiger partial charge in [-0.05, 0) is 37.1 Å². The van der Waals surface area contributed by atoms with Crippen molar-refractivity contribution in [2.75, 3.05) is 10.6 Å². The molecule has 0 spiro atoms. The molecule has 2 amide bonds. The van der Waals surface area contributed by atoms with Gasteiger partial charge in [-0.25, -0.2) is 0 Å². The lowest BCUT2D eigenvalue weighted by Gasteiger charge is -2.14. The zero-order valence-electron chi connectivity index (χ0n) is 18.1. The van der Waals surface area contributed by atoms with Crippen LogP contribution in [0.2, 0.25) is 0 Å². The molecule has 32 heavy (non-hydrogen) atoms. The molecule has 0 saturated carbocycles. The molecule has 0 bridgehead atoms. The lowest BCUT2D eigenvalue weighted by molar-refractivity contribution is -0.116. The maximum absolute atomic E-state index is 12.7. The van der Waals surface area contributed by atoms with Crippen molar-refractivity contribution in [2.45, 2.75) is 44.0 Å². The predicted octanol–water partition coefficient (Wildman–Crippen LogP) is 4.00. The van der Waals surface area contributed by atoms with Gasteiger partial charge in [-0.2, -0.15) is 0 Å². The molecule has 3 rings (SSSR count). The predicted molar refractivity (Wildman–Crippen MR) is 127 cm³/mol. The Bertz CT molecular complexity index is 1180. The van der Waals surface area contributed by atoms with Gasteiger partial charge in [-0.15, -0.1) is 10.2 Å². The van der Waals surface area contributed by atoms with Crippen LogP contribution in [0, 0.1) is 6.92 Å². The molecule has 1 aromatic heterocycles. The normalized spacial score (nSPS) is 11.6. The zero-order chi connectivity index (χ0) is 23.1. The molecule has 2 aromatic carbocycles. The SMILES string of the molecule is CCC(=O)Nc1ccccc1-c1nnc(S[C@@H](CC)C(=O)Nc2cccc(C)c2)[nH]c1=O. The fourth-order valence-corrected chi connectivity index (χ4v) is 3.83. The minimum atomic E-state index is -0.456. The molecule has 1 atom stereocenters. The van der Waals surface area contributed by atoms with Crippen molar-refractivity contribution >= 4 is 35.0 Å². The number of hydrogen-bond acceptors (Lipinski definition) is 6. The minimum absolute atomic E-state index is 0.0959. The zero-order valence-corrected chi connectivity index (χ0v) is 19.0. The highest BCUT2D eigenvalue weighted by atomic mass is 32.2. The van der Waals surface area contributed by atoms with E-state index in [1.807, 2.05) is 38.1 Å². The van der Waals surface area contributed by atoms with Gasteiger partial charge in [0.1, 0.15) is 0 Å². The largest absolute Gasteiger partial charge is 0.325 e. The maximum Gasteiger partial charge on any atom is 0.278 e. The first-order chi connectivity index (χ1) is 15.4. The van der Waals surface area contributed by atoms with Crippen molar-refractivity contribution in [1.82, 2.24) is 15.2 Å². The van der Waals surface area contributed by atoms with E-state index < -0.39 is 10.8 Å². The van der Waals surface area contributed by atoms with Crippen LogP contribution in [0.1, 0.15) is 32.3 Å². The van der Waals surface area contributed by atoms with E-state index in [2.05, 4.69) is 25.8 Å². The molecule has 9 heteroatoms. The third kappa shape index (κ3) is 5.82. The molecule has 3 aromatic rings. The number of hydrogen-bond donors (Lipinski definition) is 3. The number of H-pyrrole nitrogens is 1. The Morgan fingerprint density at radius 3 is 2.53 bits per heavy atom. The summed E-state index contributed by atoms with van der Waals surface area (Å²) in [5.74, 6) is -0.345. The van der Waals surface area contributed by atoms with E-state index in [4.69, 9.17) is 0 Å². The average Bonchev–Trinajstić information content (AvgIpc) is 2.78. The fraction of sp³-hybridized carbons (Fsp3) is 0.261. The number of aryl methyl sites for hydroxylation is 1. The quantitative estimate of drug-likeness (QED) is 0.446. The lowest BCUT2D eigenvalue weighted by Crippen LogP contribution is -2.25. The molecule has 0 aliphatic rings. The molecule has 0 aliphatic heterocycles. The summed E-state index contributed by atoms with van der Waals surface area (Å²) in [5.41, 5.74) is 2.38. The second-order valence-corrected chi connectivity index (χ2v) is 8.32. The van der Waals surface area contributed by atoms with E-state index in [0.717, 1.165) is 23.0 Å². The van der Waals surface area contributed by atoms with E-state index in [9.17, 15) is 14.4 Å². The number of rotatable bonds is 8. The number of aromatic amines is 1. The number of benzene rings is 2. The Morgan fingerprint density at radius 2 is 1.84 bits per heavy atom. The summed E-state index contributed by atoms with van der Waals surface area (Å²) in [4.78, 5) is 39.9. The van der Waals surface area contributed by atoms with Gasteiger partial charge in [0.2, 0.25) is 11.8 Å². The van der Waals surface area contributed by atoms with Crippen molar-refractivity contribution in [2.24, 2.45) is 0 Å². The Hall–Kier alpha value is -3.46. The molecular formula is C23H25N5O3S. The van der Waals surface area contributed by atoms with Crippen molar-refractivity contribution in [1.29, 1.82) is 0 Å². The number of carbonyl (C=O) groups excluding carboxylic acids is 2. The molecule has 0 unspecified atom stereocenters. The summed E-state index contributed by atoms with van der Waals surface area (Å²) >= 11 is 1.15. The first kappa shape index (κ1) is 23.2. The highest BCUT2D eigenvalue weighted by Crippen LogP contribution is 2.26. The van der Waals surface area contributed by atoms with Gasteiger partial charge < -0.3 is 10.6 Å². The first-order valence-electron chi connectivity index (χ1n) is 10.3. The van der Waals surface area contributed by atoms with E-state index in [0.29, 0.717) is 24.1 Å². The molecule has 0 fully saturated rings. The average molecular weight is 452 g/mol. The molecule has 166 valence electrons. The summed E-state index contributed by atoms with van der Waals surface area (Å²) in [7, 11) is 0. The van der Waals surface area contributed by atoms with E-state index in [1.54, 1.807) is 31.2 Å². The van der Waals surface area contributed by atoms with Gasteiger partial charge in [-0.1, -0.05) is 55.9 Å². The number of carbonyl (C=O) groups is 2. The second kappa shape index (κ2) is 10.7. The summed E-state index contributed by atoms with van der Waals surface area (Å²) in [6.07, 6.45) is 0.856. The van der Waals surface area contributed by atoms with Crippen LogP contribution in [0.4, 0.5) is 11.4 Å². The highest BCUT2D eigenvalue weighted by Gasteiger charge is 2.21. The fourth-order valence-electron chi connectivity index (χ4n) is 2.99. The lowest BCUT2D eigenvalue weighted by atomic mass is 10.1. The van der Waals surface area contributed by atoms with E-state index >= 15 is 0 Å². The van der Waals surface area contributed by atoms with Crippen LogP contribution in [0.15, 0.2) is 58.5 Å². The maximum atomic E-state index is 12.7. The number of nitrogens with one attached hydrogen (secondary N) is 3. The minimum Gasteiger partial charge on any atom is -0.325 e. The van der Waals surface area contributed by atoms with Gasteiger partial charge in [0.25, 0.3) is 5.56 Å². The van der Waals surface area contributed by atoms with Crippen molar-refractivity contribution < 1.29 is 9.59 Å². The molecular weight excluding hydrogens is 426 g/mol. The molecule has 3 N–H and O–H groups in total. The van der Waals surface area contributed by atoms with Crippen LogP contribution in [-0.4, -0.2) is 32.2 Å². The number of aromatic nitrogens is 3. The second-order valence-electron chi connectivity index (χ2n) is 7.13. The van der Waals surface area contributed by atoms with Crippen LogP contribution in [0.25, 0.3) is 11.3 Å². The molecule has 0 aliphatic carbocycles. The standard InChI is InChI=1S/C23H25N5O3S/c1-4-18(21(30)24-15-10-8-9-14(3)13-15)32-23-26-22(31)20(27-28-23)16-11-6-7-12-17(16)25-19(29)5-2/h6-13,18H,4-5H2,1-3H3,(H,24,30)(H,25,29)(H,26,28,31)/t18-/m0/s1. The Morgan fingerprint density at radius 1 is 1.06 bits per heavy atom. The number of amides is 2. The summed E-state index contributed by atoms with van der Waals surface area (Å²) in [6.45, 7) is 5.59. The highest BCUT2D eigenvalue weighted by molar-refractivity contribution is 8.00. The third-order valence-corrected chi connectivity index (χ3v) is 5.90. The number of para-hydroxylation sites is 1. The van der Waals surface area contributed by atoms with E-state index in [1.165, 1.54) is 0 Å². The van der Waals surface area contributed by atoms with Crippen LogP contribution in [0.3, 0.4) is 0 Å². The molecule has 0 saturated heterocycles. The molecule has 1 heterocycles. The third-order valence-electron chi connectivity index (χ3n) is 4.66. The van der Waals surface area contributed by atoms with Crippen molar-refractivity contribution in [3.8, 4) is 11.3 Å². The summed E-state index contributed by atoms with van der Waals surface area (Å²) < 4.78 is 0. The van der Waals surface area contributed by atoms with Gasteiger partial charge in [0, 0.05) is 17.7 Å². The van der Waals surface area contributed by atoms with Crippen LogP contribution < -0.4 is 16.2 Å². The van der Waals surface area contributed by atoms with Crippen molar-refractivity contribution in [3.05, 3.63) is 64.4 Å². The number of thioether (sulfide) groups is 1. The van der Waals surface area contributed by atoms with Crippen LogP contribution in [0.5, 0.6) is 0 Å². The monoisotopic (exact) mass is 451 g/mol. The Labute approximate surface area is 190 Å². The Balaban J connectivity index is 1.78. The number of nitrogens with zero attached hydrogens (tertiary/aromatic N) is 2. The van der Waals surface area contributed by atoms with Crippen LogP contribution in [-0.2, 0) is 9.59 Å². The molecule has 8 nitrogen and oxygen atoms in total. The molecule has 0 radical (unpaired) electrons. The number of anilines is 2. The summed E-state index contributed by atoms with van der Waals surface area (Å²) in [5, 5.41) is 13.7. The summed E-state index contributed by atoms with van der Waals surface area (Å²) in [6, 6.07) is 14.5. The smallest absolute Gasteiger partial charge is 0.278 e. The van der Waals surface area contributed by atoms with E-state index in [-0.39, 0.29) is 22.7 Å². The van der Waals surface area contributed by atoms with Crippen molar-refractivity contribution in [3.63, 3.8) is 0 Å². The Kier molecular flexibility index (Phi) is 7.77. The topological polar surface area (TPSA) is 117 Å². The van der Waals surface area contributed by atoms with Crippen LogP contribution >= 0.6 is 11.8 Å².